The van der Waals surface area contributed by atoms with Gasteiger partial charge in [0.15, 0.2) is 0 Å². The van der Waals surface area contributed by atoms with Gasteiger partial charge in [-0.15, -0.1) is 0 Å². The first-order chi connectivity index (χ1) is 8.67. The fourth-order valence-electron chi connectivity index (χ4n) is 1.95. The van der Waals surface area contributed by atoms with Crippen molar-refractivity contribution in [1.82, 2.24) is 4.90 Å². The highest BCUT2D eigenvalue weighted by molar-refractivity contribution is 9.10. The average Bonchev–Trinajstić information content (AvgIpc) is 2.37. The normalized spacial score (nSPS) is 12.9. The van der Waals surface area contributed by atoms with E-state index >= 15 is 0 Å². The molecule has 0 amide bonds. The molecule has 3 nitrogen and oxygen atoms in total. The summed E-state index contributed by atoms with van der Waals surface area (Å²) in [6.45, 7) is 4.66. The molecular formula is C14H22BrNO2. The van der Waals surface area contributed by atoms with E-state index in [9.17, 15) is 0 Å². The third-order valence-electron chi connectivity index (χ3n) is 3.15. The minimum atomic E-state index is 0.146. The van der Waals surface area contributed by atoms with Crippen LogP contribution in [0, 0.1) is 0 Å². The number of aliphatic hydroxyl groups is 2. The summed E-state index contributed by atoms with van der Waals surface area (Å²) in [7, 11) is 0. The van der Waals surface area contributed by atoms with Crippen LogP contribution in [0.4, 0.5) is 0 Å². The van der Waals surface area contributed by atoms with Gasteiger partial charge < -0.3 is 10.2 Å². The zero-order valence-corrected chi connectivity index (χ0v) is 12.4. The van der Waals surface area contributed by atoms with Gasteiger partial charge in [0.2, 0.25) is 0 Å². The zero-order chi connectivity index (χ0) is 13.4. The highest BCUT2D eigenvalue weighted by Gasteiger charge is 2.09. The molecule has 0 aliphatic carbocycles. The third kappa shape index (κ3) is 5.48. The van der Waals surface area contributed by atoms with Gasteiger partial charge in [-0.25, -0.2) is 0 Å². The molecule has 0 radical (unpaired) electrons. The summed E-state index contributed by atoms with van der Waals surface area (Å²) >= 11 is 3.43. The number of hydrogen-bond acceptors (Lipinski definition) is 3. The van der Waals surface area contributed by atoms with Crippen LogP contribution in [0.1, 0.15) is 24.8 Å². The molecule has 102 valence electrons. The van der Waals surface area contributed by atoms with E-state index in [1.165, 1.54) is 5.56 Å². The summed E-state index contributed by atoms with van der Waals surface area (Å²) in [5.74, 6) is 0.484. The number of aliphatic hydroxyl groups excluding tert-OH is 2. The second kappa shape index (κ2) is 8.64. The van der Waals surface area contributed by atoms with Crippen LogP contribution < -0.4 is 0 Å². The Hall–Kier alpha value is -0.420. The second-order valence-corrected chi connectivity index (χ2v) is 5.45. The first kappa shape index (κ1) is 15.6. The molecule has 1 aromatic rings. The van der Waals surface area contributed by atoms with E-state index in [0.717, 1.165) is 17.4 Å². The minimum absolute atomic E-state index is 0.146. The molecule has 0 aliphatic rings. The highest BCUT2D eigenvalue weighted by Crippen LogP contribution is 2.21. The van der Waals surface area contributed by atoms with E-state index in [4.69, 9.17) is 10.2 Å². The van der Waals surface area contributed by atoms with Gasteiger partial charge in [-0.1, -0.05) is 35.0 Å². The molecule has 4 heteroatoms. The standard InChI is InChI=1S/C14H22BrNO2/c1-12(13-2-4-14(15)5-3-13)6-7-16(8-10-17)9-11-18/h2-5,12,17-18H,6-11H2,1H3. The summed E-state index contributed by atoms with van der Waals surface area (Å²) < 4.78 is 1.10. The number of halogens is 1. The van der Waals surface area contributed by atoms with Crippen molar-refractivity contribution in [3.05, 3.63) is 34.3 Å². The Morgan fingerprint density at radius 3 is 2.11 bits per heavy atom. The predicted molar refractivity (Wildman–Crippen MR) is 77.8 cm³/mol. The van der Waals surface area contributed by atoms with Gasteiger partial charge in [-0.2, -0.15) is 0 Å². The second-order valence-electron chi connectivity index (χ2n) is 4.53. The van der Waals surface area contributed by atoms with Gasteiger partial charge >= 0.3 is 0 Å². The molecule has 1 rings (SSSR count). The number of benzene rings is 1. The lowest BCUT2D eigenvalue weighted by molar-refractivity contribution is 0.158. The zero-order valence-electron chi connectivity index (χ0n) is 10.8. The van der Waals surface area contributed by atoms with E-state index in [2.05, 4.69) is 52.0 Å². The fourth-order valence-corrected chi connectivity index (χ4v) is 2.22. The summed E-state index contributed by atoms with van der Waals surface area (Å²) in [6, 6.07) is 8.39. The van der Waals surface area contributed by atoms with Crippen LogP contribution in [-0.2, 0) is 0 Å². The third-order valence-corrected chi connectivity index (χ3v) is 3.68. The SMILES string of the molecule is CC(CCN(CCO)CCO)c1ccc(Br)cc1. The van der Waals surface area contributed by atoms with Crippen molar-refractivity contribution in [2.24, 2.45) is 0 Å². The molecule has 0 bridgehead atoms. The molecule has 0 heterocycles. The van der Waals surface area contributed by atoms with Crippen molar-refractivity contribution in [3.63, 3.8) is 0 Å². The average molecular weight is 316 g/mol. The van der Waals surface area contributed by atoms with Gasteiger partial charge in [-0.3, -0.25) is 4.90 Å². The van der Waals surface area contributed by atoms with E-state index in [1.807, 2.05) is 0 Å². The Balaban J connectivity index is 2.43. The Labute approximate surface area is 118 Å². The first-order valence-corrected chi connectivity index (χ1v) is 7.16. The summed E-state index contributed by atoms with van der Waals surface area (Å²) in [6.07, 6.45) is 1.03. The van der Waals surface area contributed by atoms with Crippen LogP contribution in [0.5, 0.6) is 0 Å². The molecule has 1 atom stereocenters. The van der Waals surface area contributed by atoms with E-state index in [1.54, 1.807) is 0 Å². The molecule has 2 N–H and O–H groups in total. The maximum atomic E-state index is 8.95. The van der Waals surface area contributed by atoms with E-state index < -0.39 is 0 Å². The summed E-state index contributed by atoms with van der Waals surface area (Å²) in [5.41, 5.74) is 1.33. The number of nitrogens with zero attached hydrogens (tertiary/aromatic N) is 1. The fraction of sp³-hybridized carbons (Fsp3) is 0.571. The quantitative estimate of drug-likeness (QED) is 0.773. The lowest BCUT2D eigenvalue weighted by Crippen LogP contribution is -2.31. The molecule has 0 aromatic heterocycles. The largest absolute Gasteiger partial charge is 0.395 e. The van der Waals surface area contributed by atoms with Gasteiger partial charge in [-0.05, 0) is 36.6 Å². The van der Waals surface area contributed by atoms with Gasteiger partial charge in [0, 0.05) is 17.6 Å². The molecule has 0 fully saturated rings. The molecule has 1 unspecified atom stereocenters. The Bertz CT molecular complexity index is 323. The summed E-state index contributed by atoms with van der Waals surface area (Å²) in [5, 5.41) is 17.9. The van der Waals surface area contributed by atoms with Gasteiger partial charge in [0.05, 0.1) is 13.2 Å². The smallest absolute Gasteiger partial charge is 0.0558 e. The maximum Gasteiger partial charge on any atom is 0.0558 e. The van der Waals surface area contributed by atoms with Crippen molar-refractivity contribution < 1.29 is 10.2 Å². The number of hydrogen-bond donors (Lipinski definition) is 2. The van der Waals surface area contributed by atoms with Gasteiger partial charge in [0.1, 0.15) is 0 Å². The molecule has 0 saturated carbocycles. The van der Waals surface area contributed by atoms with E-state index in [0.29, 0.717) is 19.0 Å². The Morgan fingerprint density at radius 1 is 1.06 bits per heavy atom. The van der Waals surface area contributed by atoms with Crippen molar-refractivity contribution in [1.29, 1.82) is 0 Å². The molecule has 0 spiro atoms. The predicted octanol–water partition coefficient (Wildman–Crippen LogP) is 2.23. The number of rotatable bonds is 8. The first-order valence-electron chi connectivity index (χ1n) is 6.37. The van der Waals surface area contributed by atoms with Crippen LogP contribution in [0.25, 0.3) is 0 Å². The van der Waals surface area contributed by atoms with Crippen molar-refractivity contribution >= 4 is 15.9 Å². The molecule has 0 aliphatic heterocycles. The van der Waals surface area contributed by atoms with Crippen LogP contribution in [0.3, 0.4) is 0 Å². The lowest BCUT2D eigenvalue weighted by Gasteiger charge is -2.22. The van der Waals surface area contributed by atoms with Crippen molar-refractivity contribution in [3.8, 4) is 0 Å². The van der Waals surface area contributed by atoms with Crippen molar-refractivity contribution in [2.45, 2.75) is 19.3 Å². The van der Waals surface area contributed by atoms with Crippen LogP contribution >= 0.6 is 15.9 Å². The molecule has 1 aromatic carbocycles. The maximum absolute atomic E-state index is 8.95. The molecular weight excluding hydrogens is 294 g/mol. The topological polar surface area (TPSA) is 43.7 Å². The van der Waals surface area contributed by atoms with E-state index in [-0.39, 0.29) is 13.2 Å². The Morgan fingerprint density at radius 2 is 1.61 bits per heavy atom. The summed E-state index contributed by atoms with van der Waals surface area (Å²) in [4.78, 5) is 2.09. The van der Waals surface area contributed by atoms with Crippen LogP contribution in [-0.4, -0.2) is 48.0 Å². The van der Waals surface area contributed by atoms with Crippen LogP contribution in [0.15, 0.2) is 28.7 Å². The Kier molecular flexibility index (Phi) is 7.51. The molecule has 18 heavy (non-hydrogen) atoms. The van der Waals surface area contributed by atoms with Crippen molar-refractivity contribution in [2.75, 3.05) is 32.8 Å². The molecule has 0 saturated heterocycles. The highest BCUT2D eigenvalue weighted by atomic mass is 79.9. The van der Waals surface area contributed by atoms with Crippen LogP contribution in [0.2, 0.25) is 0 Å². The van der Waals surface area contributed by atoms with Gasteiger partial charge in [0.25, 0.3) is 0 Å². The minimum Gasteiger partial charge on any atom is -0.395 e. The lowest BCUT2D eigenvalue weighted by atomic mass is 9.98. The monoisotopic (exact) mass is 315 g/mol.